The molecule has 19 heavy (non-hydrogen) atoms. The number of aldehydes is 1. The van der Waals surface area contributed by atoms with Gasteiger partial charge in [-0.15, -0.1) is 0 Å². The van der Waals surface area contributed by atoms with Crippen LogP contribution in [0.25, 0.3) is 0 Å². The summed E-state index contributed by atoms with van der Waals surface area (Å²) in [6.07, 6.45) is 2.51. The normalized spacial score (nSPS) is 10.0. The summed E-state index contributed by atoms with van der Waals surface area (Å²) in [6, 6.07) is 8.93. The van der Waals surface area contributed by atoms with Gasteiger partial charge in [0.25, 0.3) is 0 Å². The molecule has 0 unspecified atom stereocenters. The quantitative estimate of drug-likeness (QED) is 0.773. The number of hydrogen-bond acceptors (Lipinski definition) is 4. The smallest absolute Gasteiger partial charge is 0.161 e. The zero-order valence-corrected chi connectivity index (χ0v) is 10.9. The van der Waals surface area contributed by atoms with Crippen molar-refractivity contribution < 1.29 is 14.3 Å². The number of ether oxygens (including phenoxy) is 2. The van der Waals surface area contributed by atoms with E-state index in [4.69, 9.17) is 9.47 Å². The fraction of sp³-hybridized carbons (Fsp3) is 0.200. The molecule has 0 amide bonds. The molecule has 0 spiro atoms. The van der Waals surface area contributed by atoms with E-state index in [1.54, 1.807) is 31.5 Å². The summed E-state index contributed by atoms with van der Waals surface area (Å²) in [5.41, 5.74) is 2.51. The Kier molecular flexibility index (Phi) is 4.13. The molecule has 0 N–H and O–H groups in total. The van der Waals surface area contributed by atoms with E-state index in [0.29, 0.717) is 23.7 Å². The molecule has 2 rings (SSSR count). The number of methoxy groups -OCH3 is 1. The predicted molar refractivity (Wildman–Crippen MR) is 71.7 cm³/mol. The maximum Gasteiger partial charge on any atom is 0.161 e. The van der Waals surface area contributed by atoms with Crippen LogP contribution >= 0.6 is 0 Å². The molecule has 0 saturated carbocycles. The lowest BCUT2D eigenvalue weighted by molar-refractivity contribution is 0.112. The number of nitrogens with zero attached hydrogens (tertiary/aromatic N) is 1. The van der Waals surface area contributed by atoms with Gasteiger partial charge in [0.2, 0.25) is 0 Å². The third-order valence-corrected chi connectivity index (χ3v) is 2.81. The van der Waals surface area contributed by atoms with Crippen LogP contribution in [0.3, 0.4) is 0 Å². The van der Waals surface area contributed by atoms with Crippen molar-refractivity contribution in [3.05, 3.63) is 53.3 Å². The molecule has 0 atom stereocenters. The van der Waals surface area contributed by atoms with Gasteiger partial charge in [0.15, 0.2) is 11.5 Å². The molecule has 0 aliphatic carbocycles. The van der Waals surface area contributed by atoms with Gasteiger partial charge >= 0.3 is 0 Å². The minimum absolute atomic E-state index is 0.365. The highest BCUT2D eigenvalue weighted by Crippen LogP contribution is 2.28. The van der Waals surface area contributed by atoms with Gasteiger partial charge in [-0.2, -0.15) is 0 Å². The average Bonchev–Trinajstić information content (AvgIpc) is 2.46. The zero-order chi connectivity index (χ0) is 13.7. The maximum atomic E-state index is 10.7. The lowest BCUT2D eigenvalue weighted by Crippen LogP contribution is -2.02. The third-order valence-electron chi connectivity index (χ3n) is 2.81. The fourth-order valence-electron chi connectivity index (χ4n) is 1.69. The van der Waals surface area contributed by atoms with Crippen molar-refractivity contribution in [3.8, 4) is 11.5 Å². The average molecular weight is 257 g/mol. The molecule has 4 heteroatoms. The minimum atomic E-state index is 0.365. The number of aromatic nitrogens is 1. The molecular formula is C15H15NO3. The van der Waals surface area contributed by atoms with Crippen LogP contribution in [0, 0.1) is 6.92 Å². The van der Waals surface area contributed by atoms with E-state index < -0.39 is 0 Å². The van der Waals surface area contributed by atoms with Gasteiger partial charge in [0.1, 0.15) is 12.9 Å². The first-order chi connectivity index (χ1) is 9.24. The van der Waals surface area contributed by atoms with Gasteiger partial charge in [-0.3, -0.25) is 9.78 Å². The van der Waals surface area contributed by atoms with Crippen LogP contribution in [-0.2, 0) is 6.61 Å². The molecule has 98 valence electrons. The molecule has 1 heterocycles. The van der Waals surface area contributed by atoms with Crippen molar-refractivity contribution in [3.63, 3.8) is 0 Å². The number of benzene rings is 1. The Labute approximate surface area is 112 Å². The Hall–Kier alpha value is -2.36. The summed E-state index contributed by atoms with van der Waals surface area (Å²) < 4.78 is 10.9. The van der Waals surface area contributed by atoms with Gasteiger partial charge in [-0.25, -0.2) is 0 Å². The molecule has 0 aliphatic rings. The van der Waals surface area contributed by atoms with Crippen LogP contribution in [0.4, 0.5) is 0 Å². The summed E-state index contributed by atoms with van der Waals surface area (Å²) >= 11 is 0. The Morgan fingerprint density at radius 3 is 2.79 bits per heavy atom. The number of pyridine rings is 1. The third kappa shape index (κ3) is 3.10. The van der Waals surface area contributed by atoms with Gasteiger partial charge in [-0.05, 0) is 36.8 Å². The van der Waals surface area contributed by atoms with Crippen molar-refractivity contribution >= 4 is 6.29 Å². The number of hydrogen-bond donors (Lipinski definition) is 0. The summed E-state index contributed by atoms with van der Waals surface area (Å²) in [6.45, 7) is 2.35. The van der Waals surface area contributed by atoms with Crippen LogP contribution in [-0.4, -0.2) is 18.4 Å². The van der Waals surface area contributed by atoms with Crippen molar-refractivity contribution in [2.24, 2.45) is 0 Å². The lowest BCUT2D eigenvalue weighted by atomic mass is 10.2. The number of aryl methyl sites for hydroxylation is 1. The zero-order valence-electron chi connectivity index (χ0n) is 10.9. The SMILES string of the molecule is COc1cc(C=O)ccc1OCc1ncccc1C. The van der Waals surface area contributed by atoms with Crippen LogP contribution in [0.5, 0.6) is 11.5 Å². The van der Waals surface area contributed by atoms with Crippen molar-refractivity contribution in [1.29, 1.82) is 0 Å². The second-order valence-corrected chi connectivity index (χ2v) is 4.08. The van der Waals surface area contributed by atoms with E-state index in [9.17, 15) is 4.79 Å². The van der Waals surface area contributed by atoms with Gasteiger partial charge in [0, 0.05) is 11.8 Å². The topological polar surface area (TPSA) is 48.4 Å². The lowest BCUT2D eigenvalue weighted by Gasteiger charge is -2.11. The molecule has 2 aromatic rings. The van der Waals surface area contributed by atoms with E-state index in [0.717, 1.165) is 17.5 Å². The molecule has 1 aromatic carbocycles. The van der Waals surface area contributed by atoms with Crippen molar-refractivity contribution in [2.75, 3.05) is 7.11 Å². The largest absolute Gasteiger partial charge is 0.493 e. The Balaban J connectivity index is 2.15. The second-order valence-electron chi connectivity index (χ2n) is 4.08. The standard InChI is InChI=1S/C15H15NO3/c1-11-4-3-7-16-13(11)10-19-14-6-5-12(9-17)8-15(14)18-2/h3-9H,10H2,1-2H3. The van der Waals surface area contributed by atoms with Crippen LogP contribution in [0.2, 0.25) is 0 Å². The highest BCUT2D eigenvalue weighted by Gasteiger charge is 2.07. The Morgan fingerprint density at radius 1 is 1.26 bits per heavy atom. The van der Waals surface area contributed by atoms with E-state index >= 15 is 0 Å². The van der Waals surface area contributed by atoms with Crippen LogP contribution in [0.1, 0.15) is 21.6 Å². The number of carbonyl (C=O) groups excluding carboxylic acids is 1. The molecule has 0 bridgehead atoms. The molecule has 0 aliphatic heterocycles. The molecule has 1 aromatic heterocycles. The van der Waals surface area contributed by atoms with Crippen LogP contribution < -0.4 is 9.47 Å². The first-order valence-corrected chi connectivity index (χ1v) is 5.91. The summed E-state index contributed by atoms with van der Waals surface area (Å²) in [7, 11) is 1.54. The minimum Gasteiger partial charge on any atom is -0.493 e. The highest BCUT2D eigenvalue weighted by molar-refractivity contribution is 5.76. The predicted octanol–water partition coefficient (Wildman–Crippen LogP) is 2.79. The Bertz CT molecular complexity index is 581. The number of rotatable bonds is 5. The monoisotopic (exact) mass is 257 g/mol. The highest BCUT2D eigenvalue weighted by atomic mass is 16.5. The fourth-order valence-corrected chi connectivity index (χ4v) is 1.69. The van der Waals surface area contributed by atoms with Crippen molar-refractivity contribution in [1.82, 2.24) is 4.98 Å². The summed E-state index contributed by atoms with van der Waals surface area (Å²) in [5, 5.41) is 0. The first-order valence-electron chi connectivity index (χ1n) is 5.91. The van der Waals surface area contributed by atoms with Crippen LogP contribution in [0.15, 0.2) is 36.5 Å². The second kappa shape index (κ2) is 6.00. The summed E-state index contributed by atoms with van der Waals surface area (Å²) in [5.74, 6) is 1.14. The molecule has 0 fully saturated rings. The summed E-state index contributed by atoms with van der Waals surface area (Å²) in [4.78, 5) is 15.0. The Morgan fingerprint density at radius 2 is 2.11 bits per heavy atom. The van der Waals surface area contributed by atoms with E-state index in [1.807, 2.05) is 19.1 Å². The molecule has 4 nitrogen and oxygen atoms in total. The van der Waals surface area contributed by atoms with Gasteiger partial charge in [0.05, 0.1) is 12.8 Å². The van der Waals surface area contributed by atoms with E-state index in [1.165, 1.54) is 0 Å². The van der Waals surface area contributed by atoms with Gasteiger partial charge < -0.3 is 9.47 Å². The van der Waals surface area contributed by atoms with E-state index in [2.05, 4.69) is 4.98 Å². The maximum absolute atomic E-state index is 10.7. The molecular weight excluding hydrogens is 242 g/mol. The molecule has 0 saturated heterocycles. The van der Waals surface area contributed by atoms with E-state index in [-0.39, 0.29) is 0 Å². The first kappa shape index (κ1) is 13.1. The number of carbonyl (C=O) groups is 1. The van der Waals surface area contributed by atoms with Gasteiger partial charge in [-0.1, -0.05) is 6.07 Å². The van der Waals surface area contributed by atoms with Crippen molar-refractivity contribution in [2.45, 2.75) is 13.5 Å². The molecule has 0 radical (unpaired) electrons.